The fourth-order valence-corrected chi connectivity index (χ4v) is 5.27. The number of nitrogens with one attached hydrogen (secondary N) is 2. The van der Waals surface area contributed by atoms with Crippen LogP contribution in [0.3, 0.4) is 0 Å². The van der Waals surface area contributed by atoms with Crippen molar-refractivity contribution in [3.8, 4) is 11.1 Å². The highest BCUT2D eigenvalue weighted by molar-refractivity contribution is 7.80. The zero-order valence-corrected chi connectivity index (χ0v) is 19.8. The summed E-state index contributed by atoms with van der Waals surface area (Å²) < 4.78 is 5.37. The number of thiocarbonyl (C=S) groups is 1. The number of anilines is 1. The Morgan fingerprint density at radius 2 is 1.93 bits per heavy atom. The summed E-state index contributed by atoms with van der Waals surface area (Å²) in [5, 5.41) is 8.03. The largest absolute Gasteiger partial charge is 0.462 e. The van der Waals surface area contributed by atoms with Gasteiger partial charge in [-0.2, -0.15) is 0 Å². The van der Waals surface area contributed by atoms with Crippen LogP contribution in [0.1, 0.15) is 48.8 Å². The van der Waals surface area contributed by atoms with Crippen LogP contribution in [0.15, 0.2) is 30.3 Å². The fraction of sp³-hybridized carbons (Fsp3) is 0.478. The van der Waals surface area contributed by atoms with Crippen LogP contribution in [-0.4, -0.2) is 47.8 Å². The van der Waals surface area contributed by atoms with Crippen LogP contribution in [0.4, 0.5) is 5.00 Å². The molecule has 1 fully saturated rings. The molecule has 30 heavy (non-hydrogen) atoms. The summed E-state index contributed by atoms with van der Waals surface area (Å²) in [4.78, 5) is 16.4. The van der Waals surface area contributed by atoms with Crippen molar-refractivity contribution >= 4 is 39.6 Å². The number of hydrogen-bond donors (Lipinski definition) is 2. The molecule has 0 spiro atoms. The number of carbonyl (C=O) groups excluding carboxylic acids is 1. The minimum absolute atomic E-state index is 0.323. The first-order valence-electron chi connectivity index (χ1n) is 10.6. The predicted molar refractivity (Wildman–Crippen MR) is 130 cm³/mol. The number of likely N-dealkylation sites (tertiary alicyclic amines) is 1. The number of benzene rings is 1. The molecular weight excluding hydrogens is 414 g/mol. The molecule has 0 unspecified atom stereocenters. The average molecular weight is 446 g/mol. The molecule has 1 saturated heterocycles. The molecule has 0 saturated carbocycles. The summed E-state index contributed by atoms with van der Waals surface area (Å²) in [5.41, 5.74) is 2.47. The maximum absolute atomic E-state index is 12.8. The third-order valence-corrected chi connectivity index (χ3v) is 6.69. The number of piperidine rings is 1. The molecule has 1 aromatic carbocycles. The topological polar surface area (TPSA) is 53.6 Å². The van der Waals surface area contributed by atoms with E-state index in [4.69, 9.17) is 17.0 Å². The molecule has 5 nitrogen and oxygen atoms in total. The SMILES string of the molecule is CCOC(=O)c1c(NC(=S)NC2CCN(C(C)C)CC2)sc(C)c1-c1ccccc1. The Hall–Kier alpha value is -1.96. The summed E-state index contributed by atoms with van der Waals surface area (Å²) in [6, 6.07) is 10.9. The maximum atomic E-state index is 12.8. The highest BCUT2D eigenvalue weighted by atomic mass is 32.1. The normalized spacial score (nSPS) is 15.2. The smallest absolute Gasteiger partial charge is 0.341 e. The summed E-state index contributed by atoms with van der Waals surface area (Å²) in [6.45, 7) is 10.8. The van der Waals surface area contributed by atoms with Crippen molar-refractivity contribution in [2.24, 2.45) is 0 Å². The molecule has 7 heteroatoms. The van der Waals surface area contributed by atoms with Crippen LogP contribution < -0.4 is 10.6 Å². The van der Waals surface area contributed by atoms with Crippen molar-refractivity contribution in [3.05, 3.63) is 40.8 Å². The van der Waals surface area contributed by atoms with E-state index in [0.717, 1.165) is 46.9 Å². The molecule has 2 aromatic rings. The standard InChI is InChI=1S/C23H31N3O2S2/c1-5-28-22(27)20-19(17-9-7-6-8-10-17)16(4)30-21(20)25-23(29)24-18-11-13-26(14-12-18)15(2)3/h6-10,15,18H,5,11-14H2,1-4H3,(H2,24,25,29). The second-order valence-electron chi connectivity index (χ2n) is 7.83. The second kappa shape index (κ2) is 10.4. The van der Waals surface area contributed by atoms with E-state index < -0.39 is 0 Å². The zero-order chi connectivity index (χ0) is 21.7. The van der Waals surface area contributed by atoms with Gasteiger partial charge in [-0.25, -0.2) is 4.79 Å². The molecule has 1 aromatic heterocycles. The van der Waals surface area contributed by atoms with Gasteiger partial charge in [0.2, 0.25) is 0 Å². The minimum atomic E-state index is -0.323. The first kappa shape index (κ1) is 22.7. The average Bonchev–Trinajstić information content (AvgIpc) is 3.04. The quantitative estimate of drug-likeness (QED) is 0.479. The van der Waals surface area contributed by atoms with Crippen LogP contribution in [0.2, 0.25) is 0 Å². The minimum Gasteiger partial charge on any atom is -0.462 e. The molecule has 1 aliphatic rings. The molecule has 3 rings (SSSR count). The lowest BCUT2D eigenvalue weighted by molar-refractivity contribution is 0.0529. The lowest BCUT2D eigenvalue weighted by Crippen LogP contribution is -2.47. The highest BCUT2D eigenvalue weighted by Crippen LogP contribution is 2.40. The lowest BCUT2D eigenvalue weighted by atomic mass is 10.0. The van der Waals surface area contributed by atoms with Crippen LogP contribution in [0.25, 0.3) is 11.1 Å². The van der Waals surface area contributed by atoms with Crippen molar-refractivity contribution in [2.45, 2.75) is 52.6 Å². The van der Waals surface area contributed by atoms with Gasteiger partial charge >= 0.3 is 5.97 Å². The van der Waals surface area contributed by atoms with Gasteiger partial charge in [0, 0.05) is 35.6 Å². The molecular formula is C23H31N3O2S2. The van der Waals surface area contributed by atoms with Crippen molar-refractivity contribution in [2.75, 3.05) is 25.0 Å². The van der Waals surface area contributed by atoms with Gasteiger partial charge in [0.05, 0.1) is 6.61 Å². The number of nitrogens with zero attached hydrogens (tertiary/aromatic N) is 1. The Morgan fingerprint density at radius 1 is 1.27 bits per heavy atom. The van der Waals surface area contributed by atoms with Gasteiger partial charge in [0.15, 0.2) is 5.11 Å². The predicted octanol–water partition coefficient (Wildman–Crippen LogP) is 5.06. The first-order valence-corrected chi connectivity index (χ1v) is 11.8. The van der Waals surface area contributed by atoms with Crippen molar-refractivity contribution in [1.29, 1.82) is 0 Å². The van der Waals surface area contributed by atoms with E-state index in [1.807, 2.05) is 44.2 Å². The van der Waals surface area contributed by atoms with Crippen LogP contribution in [0.5, 0.6) is 0 Å². The van der Waals surface area contributed by atoms with Gasteiger partial charge < -0.3 is 20.3 Å². The number of ether oxygens (including phenoxy) is 1. The maximum Gasteiger partial charge on any atom is 0.341 e. The van der Waals surface area contributed by atoms with Crippen molar-refractivity contribution in [3.63, 3.8) is 0 Å². The second-order valence-corrected chi connectivity index (χ2v) is 9.46. The number of carbonyl (C=O) groups is 1. The first-order chi connectivity index (χ1) is 14.4. The van der Waals surface area contributed by atoms with Crippen molar-refractivity contribution < 1.29 is 9.53 Å². The molecule has 162 valence electrons. The van der Waals surface area contributed by atoms with E-state index in [-0.39, 0.29) is 5.97 Å². The number of thiophene rings is 1. The van der Waals surface area contributed by atoms with E-state index in [2.05, 4.69) is 29.4 Å². The highest BCUT2D eigenvalue weighted by Gasteiger charge is 2.26. The Kier molecular flexibility index (Phi) is 7.86. The molecule has 1 aliphatic heterocycles. The van der Waals surface area contributed by atoms with E-state index in [0.29, 0.717) is 29.4 Å². The number of esters is 1. The third-order valence-electron chi connectivity index (χ3n) is 5.45. The third kappa shape index (κ3) is 5.39. The van der Waals surface area contributed by atoms with Gasteiger partial charge in [0.1, 0.15) is 10.6 Å². The molecule has 0 bridgehead atoms. The molecule has 0 amide bonds. The lowest BCUT2D eigenvalue weighted by Gasteiger charge is -2.35. The Labute approximate surface area is 188 Å². The van der Waals surface area contributed by atoms with Crippen molar-refractivity contribution in [1.82, 2.24) is 10.2 Å². The van der Waals surface area contributed by atoms with Crippen LogP contribution in [0, 0.1) is 6.92 Å². The summed E-state index contributed by atoms with van der Waals surface area (Å²) in [5.74, 6) is -0.323. The molecule has 0 radical (unpaired) electrons. The van der Waals surface area contributed by atoms with Gasteiger partial charge in [0.25, 0.3) is 0 Å². The summed E-state index contributed by atoms with van der Waals surface area (Å²) in [7, 11) is 0. The van der Waals surface area contributed by atoms with Gasteiger partial charge in [-0.1, -0.05) is 30.3 Å². The summed E-state index contributed by atoms with van der Waals surface area (Å²) in [6.07, 6.45) is 2.12. The Balaban J connectivity index is 1.77. The molecule has 2 N–H and O–H groups in total. The number of aryl methyl sites for hydroxylation is 1. The van der Waals surface area contributed by atoms with E-state index in [1.165, 1.54) is 11.3 Å². The van der Waals surface area contributed by atoms with E-state index in [9.17, 15) is 4.79 Å². The van der Waals surface area contributed by atoms with Gasteiger partial charge in [-0.15, -0.1) is 11.3 Å². The van der Waals surface area contributed by atoms with Gasteiger partial charge in [-0.05, 0) is 58.3 Å². The zero-order valence-electron chi connectivity index (χ0n) is 18.2. The molecule has 0 atom stereocenters. The van der Waals surface area contributed by atoms with Gasteiger partial charge in [-0.3, -0.25) is 0 Å². The Morgan fingerprint density at radius 3 is 2.53 bits per heavy atom. The molecule has 0 aliphatic carbocycles. The monoisotopic (exact) mass is 445 g/mol. The molecule has 2 heterocycles. The van der Waals surface area contributed by atoms with E-state index >= 15 is 0 Å². The summed E-state index contributed by atoms with van der Waals surface area (Å²) >= 11 is 7.13. The number of hydrogen-bond acceptors (Lipinski definition) is 5. The van der Waals surface area contributed by atoms with Crippen LogP contribution >= 0.6 is 23.6 Å². The van der Waals surface area contributed by atoms with E-state index in [1.54, 1.807) is 0 Å². The van der Waals surface area contributed by atoms with Crippen LogP contribution in [-0.2, 0) is 4.74 Å². The fourth-order valence-electron chi connectivity index (χ4n) is 3.87. The Bertz CT molecular complexity index is 872. The number of rotatable bonds is 6.